The molecule has 1 aromatic rings. The van der Waals surface area contributed by atoms with Crippen LogP contribution < -0.4 is 5.73 Å². The number of halogens is 1. The Hall–Kier alpha value is -1.06. The highest BCUT2D eigenvalue weighted by molar-refractivity contribution is 6.30. The van der Waals surface area contributed by atoms with Gasteiger partial charge in [0.1, 0.15) is 6.04 Å². The summed E-state index contributed by atoms with van der Waals surface area (Å²) in [6.45, 7) is 3.60. The molecular formula is C11H14ClNO2. The Morgan fingerprint density at radius 1 is 1.40 bits per heavy atom. The Balaban J connectivity index is 3.05. The van der Waals surface area contributed by atoms with Gasteiger partial charge in [-0.1, -0.05) is 37.6 Å². The number of aliphatic carboxylic acids is 1. The van der Waals surface area contributed by atoms with Gasteiger partial charge in [-0.05, 0) is 17.7 Å². The van der Waals surface area contributed by atoms with Crippen LogP contribution in [0.15, 0.2) is 24.3 Å². The van der Waals surface area contributed by atoms with Crippen LogP contribution in [-0.4, -0.2) is 17.1 Å². The Bertz CT molecular complexity index is 359. The molecule has 0 aromatic heterocycles. The van der Waals surface area contributed by atoms with E-state index >= 15 is 0 Å². The summed E-state index contributed by atoms with van der Waals surface area (Å²) in [7, 11) is 0. The summed E-state index contributed by atoms with van der Waals surface area (Å²) >= 11 is 5.76. The lowest BCUT2D eigenvalue weighted by molar-refractivity contribution is -0.140. The molecule has 1 aromatic carbocycles. The van der Waals surface area contributed by atoms with Crippen molar-refractivity contribution in [2.45, 2.75) is 25.3 Å². The zero-order chi connectivity index (χ0) is 11.6. The van der Waals surface area contributed by atoms with Crippen LogP contribution in [0.2, 0.25) is 5.02 Å². The van der Waals surface area contributed by atoms with Gasteiger partial charge in [0, 0.05) is 10.4 Å². The number of carboxylic acid groups (broad SMARTS) is 1. The van der Waals surface area contributed by atoms with E-state index in [1.807, 2.05) is 0 Å². The molecular weight excluding hydrogens is 214 g/mol. The first-order chi connectivity index (χ1) is 6.85. The SMILES string of the molecule is CC(C)(c1ccc(Cl)cc1)[C@H](N)C(=O)O. The number of hydrogen-bond acceptors (Lipinski definition) is 2. The molecule has 0 aliphatic rings. The second kappa shape index (κ2) is 4.21. The van der Waals surface area contributed by atoms with Crippen molar-refractivity contribution in [1.29, 1.82) is 0 Å². The van der Waals surface area contributed by atoms with Gasteiger partial charge >= 0.3 is 5.97 Å². The van der Waals surface area contributed by atoms with E-state index in [0.717, 1.165) is 5.56 Å². The van der Waals surface area contributed by atoms with Crippen molar-refractivity contribution in [2.75, 3.05) is 0 Å². The number of nitrogens with two attached hydrogens (primary N) is 1. The lowest BCUT2D eigenvalue weighted by Gasteiger charge is -2.29. The Morgan fingerprint density at radius 3 is 2.27 bits per heavy atom. The van der Waals surface area contributed by atoms with Gasteiger partial charge in [-0.3, -0.25) is 4.79 Å². The zero-order valence-electron chi connectivity index (χ0n) is 8.70. The molecule has 0 saturated carbocycles. The standard InChI is InChI=1S/C11H14ClNO2/c1-11(2,9(13)10(14)15)7-3-5-8(12)6-4-7/h3-6,9H,13H2,1-2H3,(H,14,15)/t9-/m1/s1. The van der Waals surface area contributed by atoms with E-state index in [1.165, 1.54) is 0 Å². The van der Waals surface area contributed by atoms with E-state index in [4.69, 9.17) is 22.4 Å². The summed E-state index contributed by atoms with van der Waals surface area (Å²) < 4.78 is 0. The van der Waals surface area contributed by atoms with Crippen molar-refractivity contribution in [1.82, 2.24) is 0 Å². The van der Waals surface area contributed by atoms with E-state index < -0.39 is 17.4 Å². The van der Waals surface area contributed by atoms with Crippen LogP contribution in [0.25, 0.3) is 0 Å². The molecule has 3 nitrogen and oxygen atoms in total. The van der Waals surface area contributed by atoms with E-state index in [0.29, 0.717) is 5.02 Å². The molecule has 0 unspecified atom stereocenters. The van der Waals surface area contributed by atoms with Gasteiger partial charge in [-0.2, -0.15) is 0 Å². The van der Waals surface area contributed by atoms with E-state index in [-0.39, 0.29) is 0 Å². The molecule has 3 N–H and O–H groups in total. The highest BCUT2D eigenvalue weighted by atomic mass is 35.5. The van der Waals surface area contributed by atoms with Crippen LogP contribution in [0.3, 0.4) is 0 Å². The lowest BCUT2D eigenvalue weighted by atomic mass is 9.78. The Kier molecular flexibility index (Phi) is 3.37. The highest BCUT2D eigenvalue weighted by Crippen LogP contribution is 2.27. The largest absolute Gasteiger partial charge is 0.480 e. The smallest absolute Gasteiger partial charge is 0.321 e. The van der Waals surface area contributed by atoms with Gasteiger partial charge in [0.2, 0.25) is 0 Å². The van der Waals surface area contributed by atoms with Gasteiger partial charge < -0.3 is 10.8 Å². The normalized spacial score (nSPS) is 13.6. The Morgan fingerprint density at radius 2 is 1.87 bits per heavy atom. The van der Waals surface area contributed by atoms with Crippen molar-refractivity contribution < 1.29 is 9.90 Å². The third kappa shape index (κ3) is 2.49. The molecule has 1 rings (SSSR count). The van der Waals surface area contributed by atoms with Crippen LogP contribution in [0, 0.1) is 0 Å². The molecule has 82 valence electrons. The molecule has 0 aliphatic carbocycles. The summed E-state index contributed by atoms with van der Waals surface area (Å²) in [6.07, 6.45) is 0. The van der Waals surface area contributed by atoms with Gasteiger partial charge in [0.05, 0.1) is 0 Å². The van der Waals surface area contributed by atoms with Crippen LogP contribution >= 0.6 is 11.6 Å². The Labute approximate surface area is 93.9 Å². The van der Waals surface area contributed by atoms with Gasteiger partial charge in [0.15, 0.2) is 0 Å². The van der Waals surface area contributed by atoms with Crippen molar-refractivity contribution in [3.05, 3.63) is 34.9 Å². The van der Waals surface area contributed by atoms with Crippen molar-refractivity contribution in [3.63, 3.8) is 0 Å². The molecule has 0 bridgehead atoms. The zero-order valence-corrected chi connectivity index (χ0v) is 9.45. The van der Waals surface area contributed by atoms with Gasteiger partial charge in [-0.25, -0.2) is 0 Å². The predicted octanol–water partition coefficient (Wildman–Crippen LogP) is 2.03. The molecule has 0 heterocycles. The molecule has 0 radical (unpaired) electrons. The number of carboxylic acids is 1. The van der Waals surface area contributed by atoms with Gasteiger partial charge in [0.25, 0.3) is 0 Å². The monoisotopic (exact) mass is 227 g/mol. The van der Waals surface area contributed by atoms with Crippen LogP contribution in [0.4, 0.5) is 0 Å². The fourth-order valence-electron chi connectivity index (χ4n) is 1.37. The summed E-state index contributed by atoms with van der Waals surface area (Å²) in [4.78, 5) is 10.8. The second-order valence-electron chi connectivity index (χ2n) is 4.04. The van der Waals surface area contributed by atoms with E-state index in [2.05, 4.69) is 0 Å². The molecule has 4 heteroatoms. The predicted molar refractivity (Wildman–Crippen MR) is 60.1 cm³/mol. The third-order valence-corrected chi connectivity index (χ3v) is 2.88. The summed E-state index contributed by atoms with van der Waals surface area (Å²) in [5, 5.41) is 9.51. The first-order valence-corrected chi connectivity index (χ1v) is 4.98. The molecule has 0 amide bonds. The average molecular weight is 228 g/mol. The van der Waals surface area contributed by atoms with Crippen LogP contribution in [0.5, 0.6) is 0 Å². The minimum Gasteiger partial charge on any atom is -0.480 e. The highest BCUT2D eigenvalue weighted by Gasteiger charge is 2.33. The maximum absolute atomic E-state index is 10.8. The fourth-order valence-corrected chi connectivity index (χ4v) is 1.49. The second-order valence-corrected chi connectivity index (χ2v) is 4.48. The number of carbonyl (C=O) groups is 1. The van der Waals surface area contributed by atoms with E-state index in [9.17, 15) is 4.79 Å². The number of hydrogen-bond donors (Lipinski definition) is 2. The molecule has 0 saturated heterocycles. The topological polar surface area (TPSA) is 63.3 Å². The summed E-state index contributed by atoms with van der Waals surface area (Å²) in [5.41, 5.74) is 5.88. The van der Waals surface area contributed by atoms with Crippen LogP contribution in [0.1, 0.15) is 19.4 Å². The minimum absolute atomic E-state index is 0.615. The summed E-state index contributed by atoms with van der Waals surface area (Å²) in [6, 6.07) is 6.12. The summed E-state index contributed by atoms with van der Waals surface area (Å²) in [5.74, 6) is -1.00. The molecule has 1 atom stereocenters. The third-order valence-electron chi connectivity index (χ3n) is 2.63. The number of benzene rings is 1. The molecule has 0 aliphatic heterocycles. The molecule has 15 heavy (non-hydrogen) atoms. The first kappa shape index (κ1) is 12.0. The minimum atomic E-state index is -1.00. The lowest BCUT2D eigenvalue weighted by Crippen LogP contribution is -2.46. The van der Waals surface area contributed by atoms with Crippen molar-refractivity contribution in [3.8, 4) is 0 Å². The van der Waals surface area contributed by atoms with E-state index in [1.54, 1.807) is 38.1 Å². The van der Waals surface area contributed by atoms with Crippen LogP contribution in [-0.2, 0) is 10.2 Å². The molecule has 0 fully saturated rings. The fraction of sp³-hybridized carbons (Fsp3) is 0.364. The molecule has 0 spiro atoms. The first-order valence-electron chi connectivity index (χ1n) is 4.60. The number of rotatable bonds is 3. The average Bonchev–Trinajstić information content (AvgIpc) is 2.17. The maximum Gasteiger partial charge on any atom is 0.321 e. The maximum atomic E-state index is 10.8. The van der Waals surface area contributed by atoms with Gasteiger partial charge in [-0.15, -0.1) is 0 Å². The van der Waals surface area contributed by atoms with Crippen molar-refractivity contribution >= 4 is 17.6 Å². The quantitative estimate of drug-likeness (QED) is 0.831. The van der Waals surface area contributed by atoms with Crippen molar-refractivity contribution in [2.24, 2.45) is 5.73 Å².